The number of para-hydroxylation sites is 1. The second-order valence-electron chi connectivity index (χ2n) is 6.30. The lowest BCUT2D eigenvalue weighted by Crippen LogP contribution is -2.40. The fourth-order valence-electron chi connectivity index (χ4n) is 3.01. The number of nitriles is 1. The minimum absolute atomic E-state index is 0.0580. The Morgan fingerprint density at radius 3 is 2.59 bits per heavy atom. The van der Waals surface area contributed by atoms with Crippen LogP contribution in [0.4, 0.5) is 0 Å². The Balaban J connectivity index is 2.14. The van der Waals surface area contributed by atoms with Crippen molar-refractivity contribution in [2.45, 2.75) is 26.8 Å². The van der Waals surface area contributed by atoms with Gasteiger partial charge < -0.3 is 14.4 Å². The molecule has 0 atom stereocenters. The molecule has 1 aromatic carbocycles. The van der Waals surface area contributed by atoms with Crippen LogP contribution < -0.4 is 0 Å². The van der Waals surface area contributed by atoms with E-state index in [0.29, 0.717) is 26.1 Å². The van der Waals surface area contributed by atoms with Gasteiger partial charge >= 0.3 is 0 Å². The Morgan fingerprint density at radius 2 is 1.93 bits per heavy atom. The average Bonchev–Trinajstić information content (AvgIpc) is 3.03. The van der Waals surface area contributed by atoms with E-state index in [4.69, 9.17) is 5.26 Å². The van der Waals surface area contributed by atoms with Gasteiger partial charge in [0.15, 0.2) is 0 Å². The summed E-state index contributed by atoms with van der Waals surface area (Å²) in [6.45, 7) is 5.78. The third-order valence-electron chi connectivity index (χ3n) is 4.55. The van der Waals surface area contributed by atoms with E-state index < -0.39 is 0 Å². The normalized spacial score (nSPS) is 10.9. The summed E-state index contributed by atoms with van der Waals surface area (Å²) in [5.74, 6) is -0.276. The molecule has 0 unspecified atom stereocenters. The van der Waals surface area contributed by atoms with E-state index in [-0.39, 0.29) is 18.4 Å². The summed E-state index contributed by atoms with van der Waals surface area (Å²) < 4.78 is 2.02. The maximum Gasteiger partial charge on any atom is 0.246 e. The molecule has 0 spiro atoms. The Morgan fingerprint density at radius 1 is 1.22 bits per heavy atom. The van der Waals surface area contributed by atoms with E-state index in [1.807, 2.05) is 48.9 Å². The molecule has 0 N–H and O–H groups in total. The molecule has 0 bridgehead atoms. The number of likely N-dealkylation sites (N-methyl/N-ethyl adjacent to an activating group) is 2. The monoisotopic (exact) mass is 366 g/mol. The van der Waals surface area contributed by atoms with Crippen LogP contribution in [-0.2, 0) is 16.1 Å². The van der Waals surface area contributed by atoms with Gasteiger partial charge in [0.25, 0.3) is 0 Å². The summed E-state index contributed by atoms with van der Waals surface area (Å²) in [7, 11) is 1.63. The SMILES string of the molecule is CCN(CC)C(=O)CN(C)C(=O)/C=C/c1cn(CCC#N)c2ccccc12. The lowest BCUT2D eigenvalue weighted by Gasteiger charge is -2.22. The lowest BCUT2D eigenvalue weighted by molar-refractivity contribution is -0.136. The van der Waals surface area contributed by atoms with Gasteiger partial charge in [-0.25, -0.2) is 0 Å². The Kier molecular flexibility index (Phi) is 7.18. The zero-order valence-electron chi connectivity index (χ0n) is 16.2. The fourth-order valence-corrected chi connectivity index (χ4v) is 3.01. The van der Waals surface area contributed by atoms with Crippen molar-refractivity contribution in [2.24, 2.45) is 0 Å². The van der Waals surface area contributed by atoms with E-state index in [2.05, 4.69) is 6.07 Å². The molecule has 1 heterocycles. The highest BCUT2D eigenvalue weighted by atomic mass is 16.2. The molecule has 2 amide bonds. The first-order chi connectivity index (χ1) is 13.0. The summed E-state index contributed by atoms with van der Waals surface area (Å²) in [6.07, 6.45) is 5.64. The number of hydrogen-bond donors (Lipinski definition) is 0. The zero-order chi connectivity index (χ0) is 19.8. The van der Waals surface area contributed by atoms with E-state index in [9.17, 15) is 9.59 Å². The predicted octanol–water partition coefficient (Wildman–Crippen LogP) is 2.89. The molecule has 142 valence electrons. The molecule has 0 saturated carbocycles. The van der Waals surface area contributed by atoms with Crippen molar-refractivity contribution >= 4 is 28.8 Å². The highest BCUT2D eigenvalue weighted by Crippen LogP contribution is 2.22. The summed E-state index contributed by atoms with van der Waals surface area (Å²) >= 11 is 0. The third-order valence-corrected chi connectivity index (χ3v) is 4.55. The quantitative estimate of drug-likeness (QED) is 0.675. The smallest absolute Gasteiger partial charge is 0.246 e. The van der Waals surface area contributed by atoms with Gasteiger partial charge in [-0.3, -0.25) is 9.59 Å². The molecule has 27 heavy (non-hydrogen) atoms. The zero-order valence-corrected chi connectivity index (χ0v) is 16.2. The largest absolute Gasteiger partial charge is 0.346 e. The van der Waals surface area contributed by atoms with Crippen molar-refractivity contribution in [2.75, 3.05) is 26.7 Å². The standard InChI is InChI=1S/C21H26N4O2/c1-4-24(5-2)21(27)16-23(3)20(26)12-11-17-15-25(14-8-13-22)19-10-7-6-9-18(17)19/h6-7,9-12,15H,4-5,8,14,16H2,1-3H3/b12-11+. The third kappa shape index (κ3) is 4.98. The van der Waals surface area contributed by atoms with Crippen molar-refractivity contribution in [1.29, 1.82) is 5.26 Å². The summed E-state index contributed by atoms with van der Waals surface area (Å²) in [5, 5.41) is 9.86. The average molecular weight is 366 g/mol. The first-order valence-electron chi connectivity index (χ1n) is 9.17. The summed E-state index contributed by atoms with van der Waals surface area (Å²) in [5.41, 5.74) is 1.95. The number of carbonyl (C=O) groups is 2. The van der Waals surface area contributed by atoms with Gasteiger partial charge in [-0.05, 0) is 26.0 Å². The van der Waals surface area contributed by atoms with Gasteiger partial charge in [-0.2, -0.15) is 5.26 Å². The van der Waals surface area contributed by atoms with Gasteiger partial charge in [0.05, 0.1) is 19.0 Å². The first kappa shape index (κ1) is 20.2. The van der Waals surface area contributed by atoms with Crippen LogP contribution >= 0.6 is 0 Å². The molecule has 6 nitrogen and oxygen atoms in total. The minimum atomic E-state index is -0.218. The molecule has 2 aromatic rings. The Labute approximate surface area is 160 Å². The van der Waals surface area contributed by atoms with Crippen LogP contribution in [0.1, 0.15) is 25.8 Å². The maximum absolute atomic E-state index is 12.4. The fraction of sp³-hybridized carbons (Fsp3) is 0.381. The summed E-state index contributed by atoms with van der Waals surface area (Å²) in [4.78, 5) is 27.7. The van der Waals surface area contributed by atoms with Crippen LogP contribution in [-0.4, -0.2) is 52.9 Å². The highest BCUT2D eigenvalue weighted by molar-refractivity contribution is 5.97. The van der Waals surface area contributed by atoms with E-state index in [1.165, 1.54) is 11.0 Å². The van der Waals surface area contributed by atoms with Crippen molar-refractivity contribution in [3.63, 3.8) is 0 Å². The van der Waals surface area contributed by atoms with E-state index >= 15 is 0 Å². The number of nitrogens with zero attached hydrogens (tertiary/aromatic N) is 4. The predicted molar refractivity (Wildman–Crippen MR) is 107 cm³/mol. The molecular formula is C21H26N4O2. The van der Waals surface area contributed by atoms with Crippen LogP contribution in [0.3, 0.4) is 0 Å². The second kappa shape index (κ2) is 9.58. The first-order valence-corrected chi connectivity index (χ1v) is 9.17. The van der Waals surface area contributed by atoms with E-state index in [1.54, 1.807) is 18.0 Å². The number of amides is 2. The summed E-state index contributed by atoms with van der Waals surface area (Å²) in [6, 6.07) is 10.1. The van der Waals surface area contributed by atoms with Crippen LogP contribution in [0.5, 0.6) is 0 Å². The van der Waals surface area contributed by atoms with Crippen molar-refractivity contribution < 1.29 is 9.59 Å². The van der Waals surface area contributed by atoms with Gasteiger partial charge in [0.2, 0.25) is 11.8 Å². The lowest BCUT2D eigenvalue weighted by atomic mass is 10.1. The van der Waals surface area contributed by atoms with Crippen LogP contribution in [0.15, 0.2) is 36.5 Å². The minimum Gasteiger partial charge on any atom is -0.346 e. The number of hydrogen-bond acceptors (Lipinski definition) is 3. The molecule has 0 aliphatic carbocycles. The number of benzene rings is 1. The molecule has 0 aliphatic heterocycles. The second-order valence-corrected chi connectivity index (χ2v) is 6.30. The highest BCUT2D eigenvalue weighted by Gasteiger charge is 2.15. The topological polar surface area (TPSA) is 69.3 Å². The maximum atomic E-state index is 12.4. The van der Waals surface area contributed by atoms with Gasteiger partial charge in [-0.15, -0.1) is 0 Å². The molecule has 6 heteroatoms. The van der Waals surface area contributed by atoms with Gasteiger partial charge in [0.1, 0.15) is 0 Å². The number of rotatable bonds is 8. The van der Waals surface area contributed by atoms with Crippen LogP contribution in [0.25, 0.3) is 17.0 Å². The molecule has 0 fully saturated rings. The number of fused-ring (bicyclic) bond motifs is 1. The van der Waals surface area contributed by atoms with Crippen molar-refractivity contribution in [3.05, 3.63) is 42.1 Å². The van der Waals surface area contributed by atoms with Crippen LogP contribution in [0.2, 0.25) is 0 Å². The van der Waals surface area contributed by atoms with Crippen molar-refractivity contribution in [3.8, 4) is 6.07 Å². The Hall–Kier alpha value is -3.07. The number of aryl methyl sites for hydroxylation is 1. The molecule has 0 aliphatic rings. The molecule has 0 radical (unpaired) electrons. The van der Waals surface area contributed by atoms with Gasteiger partial charge in [0, 0.05) is 55.4 Å². The Bertz CT molecular complexity index is 872. The number of carbonyl (C=O) groups excluding carboxylic acids is 2. The van der Waals surface area contributed by atoms with Crippen molar-refractivity contribution in [1.82, 2.24) is 14.4 Å². The molecule has 2 rings (SSSR count). The molecule has 1 aromatic heterocycles. The van der Waals surface area contributed by atoms with E-state index in [0.717, 1.165) is 16.5 Å². The van der Waals surface area contributed by atoms with Crippen LogP contribution in [0, 0.1) is 11.3 Å². The molecule has 0 saturated heterocycles. The van der Waals surface area contributed by atoms with Gasteiger partial charge in [-0.1, -0.05) is 18.2 Å². The molecular weight excluding hydrogens is 340 g/mol. The number of aromatic nitrogens is 1.